The molecule has 11 nitrogen and oxygen atoms in total. The van der Waals surface area contributed by atoms with Gasteiger partial charge in [-0.3, -0.25) is 29.1 Å². The van der Waals surface area contributed by atoms with Gasteiger partial charge in [0.15, 0.2) is 17.2 Å². The number of carbonyl (C=O) groups is 4. The number of benzene rings is 1. The number of aliphatic hydroxyl groups is 3. The molecule has 2 aromatic rings. The Balaban J connectivity index is 1.68. The molecule has 0 radical (unpaired) electrons. The number of aliphatic hydroxyl groups excluding tert-OH is 2. The van der Waals surface area contributed by atoms with Crippen LogP contribution in [0.5, 0.6) is 5.75 Å². The lowest BCUT2D eigenvalue weighted by atomic mass is 9.57. The molecule has 6 N–H and O–H groups in total. The molecule has 1 saturated carbocycles. The minimum absolute atomic E-state index is 0.0123. The molecule has 44 heavy (non-hydrogen) atoms. The van der Waals surface area contributed by atoms with E-state index in [1.165, 1.54) is 11.1 Å². The van der Waals surface area contributed by atoms with Crippen LogP contribution in [0.4, 0.5) is 0 Å². The number of likely N-dealkylation sites (N-methyl/N-ethyl adjacent to an activating group) is 1. The second kappa shape index (κ2) is 10.7. The number of aromatic hydroxyl groups is 1. The third-order valence-electron chi connectivity index (χ3n) is 9.23. The van der Waals surface area contributed by atoms with E-state index in [9.17, 15) is 39.6 Å². The molecular weight excluding hydrogens is 566 g/mol. The minimum atomic E-state index is -2.71. The number of nitrogens with two attached hydrogens (primary N) is 1. The molecule has 0 bridgehead atoms. The van der Waals surface area contributed by atoms with Gasteiger partial charge in [0.05, 0.1) is 11.6 Å². The Morgan fingerprint density at radius 2 is 1.84 bits per heavy atom. The fraction of sp³-hybridized carbons (Fsp3) is 0.424. The van der Waals surface area contributed by atoms with Gasteiger partial charge in [-0.15, -0.1) is 0 Å². The van der Waals surface area contributed by atoms with E-state index >= 15 is 0 Å². The summed E-state index contributed by atoms with van der Waals surface area (Å²) in [5.41, 5.74) is 3.26. The van der Waals surface area contributed by atoms with Crippen LogP contribution in [0.1, 0.15) is 66.2 Å². The largest absolute Gasteiger partial charge is 0.508 e. The first-order chi connectivity index (χ1) is 20.5. The van der Waals surface area contributed by atoms with Gasteiger partial charge in [-0.05, 0) is 68.0 Å². The Morgan fingerprint density at radius 1 is 1.16 bits per heavy atom. The van der Waals surface area contributed by atoms with Crippen LogP contribution in [-0.4, -0.2) is 79.3 Å². The van der Waals surface area contributed by atoms with Crippen molar-refractivity contribution in [3.05, 3.63) is 75.3 Å². The molecule has 5 rings (SSSR count). The first kappa shape index (κ1) is 31.1. The second-order valence-corrected chi connectivity index (χ2v) is 13.2. The number of phenolic OH excluding ortho intramolecular Hbond substituents is 1. The lowest BCUT2D eigenvalue weighted by Crippen LogP contribution is -2.65. The Kier molecular flexibility index (Phi) is 7.54. The molecule has 11 heteroatoms. The van der Waals surface area contributed by atoms with Crippen molar-refractivity contribution in [2.75, 3.05) is 14.1 Å². The maximum absolute atomic E-state index is 14.2. The lowest BCUT2D eigenvalue weighted by molar-refractivity contribution is -0.153. The fourth-order valence-corrected chi connectivity index (χ4v) is 7.10. The van der Waals surface area contributed by atoms with Crippen LogP contribution >= 0.6 is 0 Å². The fourth-order valence-electron chi connectivity index (χ4n) is 7.10. The first-order valence-electron chi connectivity index (χ1n) is 14.5. The topological polar surface area (TPSA) is 191 Å². The van der Waals surface area contributed by atoms with Crippen LogP contribution in [0.2, 0.25) is 0 Å². The molecule has 0 saturated heterocycles. The maximum atomic E-state index is 14.2. The van der Waals surface area contributed by atoms with Gasteiger partial charge in [0.1, 0.15) is 22.8 Å². The molecule has 1 fully saturated rings. The Labute approximate surface area is 254 Å². The van der Waals surface area contributed by atoms with E-state index in [1.807, 2.05) is 26.8 Å². The van der Waals surface area contributed by atoms with Crippen molar-refractivity contribution < 1.29 is 39.6 Å². The average Bonchev–Trinajstić information content (AvgIpc) is 2.93. The van der Waals surface area contributed by atoms with Crippen molar-refractivity contribution in [2.45, 2.75) is 63.5 Å². The van der Waals surface area contributed by atoms with Crippen LogP contribution in [0.15, 0.2) is 47.5 Å². The molecule has 0 unspecified atom stereocenters. The molecule has 1 heterocycles. The molecule has 0 spiro atoms. The first-order valence-corrected chi connectivity index (χ1v) is 14.5. The number of rotatable bonds is 6. The van der Waals surface area contributed by atoms with Gasteiger partial charge < -0.3 is 26.2 Å². The number of nitrogens with zero attached hydrogens (tertiary/aromatic N) is 2. The van der Waals surface area contributed by atoms with Gasteiger partial charge >= 0.3 is 0 Å². The van der Waals surface area contributed by atoms with E-state index in [0.29, 0.717) is 22.3 Å². The van der Waals surface area contributed by atoms with E-state index in [-0.39, 0.29) is 48.4 Å². The van der Waals surface area contributed by atoms with Crippen molar-refractivity contribution in [1.29, 1.82) is 0 Å². The molecule has 1 aromatic carbocycles. The van der Waals surface area contributed by atoms with Gasteiger partial charge in [0.25, 0.3) is 5.91 Å². The monoisotopic (exact) mass is 603 g/mol. The van der Waals surface area contributed by atoms with Crippen molar-refractivity contribution in [3.8, 4) is 5.75 Å². The number of ketones is 3. The summed E-state index contributed by atoms with van der Waals surface area (Å²) >= 11 is 0. The molecule has 1 amide bonds. The highest BCUT2D eigenvalue weighted by Gasteiger charge is 2.64. The molecular formula is C33H37N3O8. The number of amides is 1. The van der Waals surface area contributed by atoms with Gasteiger partial charge in [0, 0.05) is 41.4 Å². The SMILES string of the molecule is CN(C)[C@H]1C(=O)C(C(N)=O)=C(O)[C@]2(O)C(=O)C3=C(O)c4c(O)c(C(C)(C)C)cc(CCC(=O)c5cccnc5)c4C[C@H]3C[C@H]12. The number of phenols is 1. The predicted octanol–water partition coefficient (Wildman–Crippen LogP) is 2.47. The number of aromatic nitrogens is 1. The summed E-state index contributed by atoms with van der Waals surface area (Å²) < 4.78 is 0. The molecule has 3 aliphatic rings. The van der Waals surface area contributed by atoms with Crippen LogP contribution in [0.25, 0.3) is 5.76 Å². The molecule has 0 aliphatic heterocycles. The third kappa shape index (κ3) is 4.62. The molecule has 232 valence electrons. The quantitative estimate of drug-likeness (QED) is 0.242. The van der Waals surface area contributed by atoms with Gasteiger partial charge in [-0.2, -0.15) is 0 Å². The number of primary amides is 1. The average molecular weight is 604 g/mol. The highest BCUT2D eigenvalue weighted by atomic mass is 16.3. The summed E-state index contributed by atoms with van der Waals surface area (Å²) in [6.07, 6.45) is 3.62. The van der Waals surface area contributed by atoms with Crippen LogP contribution in [0, 0.1) is 11.8 Å². The van der Waals surface area contributed by atoms with Crippen LogP contribution < -0.4 is 5.73 Å². The summed E-state index contributed by atoms with van der Waals surface area (Å²) in [7, 11) is 3.10. The van der Waals surface area contributed by atoms with E-state index < -0.39 is 63.5 Å². The Hall–Kier alpha value is -4.35. The zero-order valence-electron chi connectivity index (χ0n) is 25.3. The smallest absolute Gasteiger partial charge is 0.255 e. The highest BCUT2D eigenvalue weighted by molar-refractivity contribution is 6.24. The van der Waals surface area contributed by atoms with Gasteiger partial charge in [0.2, 0.25) is 5.78 Å². The van der Waals surface area contributed by atoms with Crippen LogP contribution in [0.3, 0.4) is 0 Å². The third-order valence-corrected chi connectivity index (χ3v) is 9.23. The predicted molar refractivity (Wildman–Crippen MR) is 160 cm³/mol. The Bertz CT molecular complexity index is 1670. The van der Waals surface area contributed by atoms with E-state index in [1.54, 1.807) is 32.4 Å². The summed E-state index contributed by atoms with van der Waals surface area (Å²) in [6, 6.07) is 4.01. The number of Topliss-reactive ketones (excluding diaryl/α,β-unsaturated/α-hetero) is 3. The number of hydrogen-bond donors (Lipinski definition) is 5. The number of fused-ring (bicyclic) bond motifs is 3. The zero-order chi connectivity index (χ0) is 32.5. The summed E-state index contributed by atoms with van der Waals surface area (Å²) in [6.45, 7) is 5.63. The highest BCUT2D eigenvalue weighted by Crippen LogP contribution is 2.54. The lowest BCUT2D eigenvalue weighted by Gasteiger charge is -2.50. The van der Waals surface area contributed by atoms with Gasteiger partial charge in [-0.25, -0.2) is 0 Å². The van der Waals surface area contributed by atoms with Crippen molar-refractivity contribution in [3.63, 3.8) is 0 Å². The van der Waals surface area contributed by atoms with Crippen molar-refractivity contribution >= 4 is 29.0 Å². The molecule has 3 aliphatic carbocycles. The number of hydrogen-bond acceptors (Lipinski definition) is 10. The van der Waals surface area contributed by atoms with Gasteiger partial charge in [-0.1, -0.05) is 26.8 Å². The van der Waals surface area contributed by atoms with Crippen molar-refractivity contribution in [2.24, 2.45) is 17.6 Å². The van der Waals surface area contributed by atoms with E-state index in [0.717, 1.165) is 0 Å². The van der Waals surface area contributed by atoms with Crippen LogP contribution in [-0.2, 0) is 32.6 Å². The zero-order valence-corrected chi connectivity index (χ0v) is 25.3. The van der Waals surface area contributed by atoms with Crippen molar-refractivity contribution in [1.82, 2.24) is 9.88 Å². The molecule has 1 aromatic heterocycles. The number of pyridine rings is 1. The summed E-state index contributed by atoms with van der Waals surface area (Å²) in [5.74, 6) is -7.07. The maximum Gasteiger partial charge on any atom is 0.255 e. The van der Waals surface area contributed by atoms with E-state index in [2.05, 4.69) is 4.98 Å². The second-order valence-electron chi connectivity index (χ2n) is 13.2. The Morgan fingerprint density at radius 3 is 2.41 bits per heavy atom. The minimum Gasteiger partial charge on any atom is -0.508 e. The standard InChI is InChI=1S/C33H37N3O8/c1-32(2,3)20-12-15(8-9-21(37)16-7-6-10-35-14-16)18-11-17-13-19-25(36(4)5)28(40)24(31(34)43)30(42)33(19,44)29(41)22(17)27(39)23(18)26(20)38/h6-7,10,12,14,17,19,25,38-39,42,44H,8-9,11,13H2,1-5H3,(H2,34,43)/t17-,19+,25+,33+/m0/s1. The number of aryl methyl sites for hydroxylation is 1. The number of carbonyl (C=O) groups excluding carboxylic acids is 4. The normalized spacial score (nSPS) is 25.1. The summed E-state index contributed by atoms with van der Waals surface area (Å²) in [5, 5.41) is 46.1. The molecule has 4 atom stereocenters. The summed E-state index contributed by atoms with van der Waals surface area (Å²) in [4.78, 5) is 58.2. The van der Waals surface area contributed by atoms with E-state index in [4.69, 9.17) is 5.73 Å².